The van der Waals surface area contributed by atoms with Crippen LogP contribution in [0, 0.1) is 0 Å². The molecule has 0 saturated heterocycles. The van der Waals surface area contributed by atoms with Crippen molar-refractivity contribution in [1.82, 2.24) is 4.57 Å². The molecule has 4 aromatic carbocycles. The first-order chi connectivity index (χ1) is 16.3. The molecule has 4 heteroatoms. The quantitative estimate of drug-likeness (QED) is 0.311. The van der Waals surface area contributed by atoms with E-state index in [2.05, 4.69) is 105 Å². The summed E-state index contributed by atoms with van der Waals surface area (Å²) < 4.78 is 7.96. The predicted octanol–water partition coefficient (Wildman–Crippen LogP) is 6.63. The van der Waals surface area contributed by atoms with E-state index in [9.17, 15) is 5.02 Å². The molecule has 5 aromatic rings. The molecule has 2 aliphatic rings. The Balaban J connectivity index is 1.70. The van der Waals surface area contributed by atoms with E-state index in [1.165, 1.54) is 55.5 Å². The Morgan fingerprint density at radius 2 is 1.41 bits per heavy atom. The highest BCUT2D eigenvalue weighted by atomic mass is 16.5. The van der Waals surface area contributed by atoms with Gasteiger partial charge in [-0.25, -0.2) is 0 Å². The van der Waals surface area contributed by atoms with Crippen molar-refractivity contribution in [3.63, 3.8) is 0 Å². The molecular formula is C30H25BNO2. The maximum Gasteiger partial charge on any atom is 0.569 e. The molecule has 0 bridgehead atoms. The molecule has 1 radical (unpaired) electrons. The van der Waals surface area contributed by atoms with Crippen molar-refractivity contribution < 1.29 is 9.68 Å². The van der Waals surface area contributed by atoms with E-state index in [0.717, 1.165) is 13.1 Å². The average molecular weight is 442 g/mol. The molecule has 1 N–H and O–H groups in total. The predicted molar refractivity (Wildman–Crippen MR) is 139 cm³/mol. The van der Waals surface area contributed by atoms with E-state index in [1.807, 2.05) is 0 Å². The van der Waals surface area contributed by atoms with Gasteiger partial charge >= 0.3 is 7.69 Å². The molecular weight excluding hydrogens is 417 g/mol. The first-order valence-corrected chi connectivity index (χ1v) is 11.8. The van der Waals surface area contributed by atoms with Crippen molar-refractivity contribution in [3.8, 4) is 22.6 Å². The van der Waals surface area contributed by atoms with Crippen molar-refractivity contribution >= 4 is 29.5 Å². The molecule has 0 fully saturated rings. The number of hydrogen-bond acceptors (Lipinski definition) is 2. The van der Waals surface area contributed by atoms with E-state index >= 15 is 0 Å². The van der Waals surface area contributed by atoms with Crippen LogP contribution in [0.3, 0.4) is 0 Å². The fourth-order valence-electron chi connectivity index (χ4n) is 6.51. The summed E-state index contributed by atoms with van der Waals surface area (Å²) in [5.41, 5.74) is 11.2. The Morgan fingerprint density at radius 1 is 0.706 bits per heavy atom. The van der Waals surface area contributed by atoms with Gasteiger partial charge in [0.15, 0.2) is 0 Å². The Kier molecular flexibility index (Phi) is 3.71. The minimum atomic E-state index is -0.206. The van der Waals surface area contributed by atoms with Crippen LogP contribution in [0.15, 0.2) is 72.8 Å². The Labute approximate surface area is 199 Å². The fraction of sp³-hybridized carbons (Fsp3) is 0.200. The second kappa shape index (κ2) is 6.34. The lowest BCUT2D eigenvalue weighted by Gasteiger charge is -2.35. The van der Waals surface area contributed by atoms with Crippen LogP contribution in [-0.2, 0) is 10.8 Å². The lowest BCUT2D eigenvalue weighted by Crippen LogP contribution is -2.26. The largest absolute Gasteiger partial charge is 0.569 e. The number of nitrogens with zero attached hydrogens (tertiary/aromatic N) is 1. The van der Waals surface area contributed by atoms with Crippen molar-refractivity contribution in [1.29, 1.82) is 0 Å². The van der Waals surface area contributed by atoms with Crippen LogP contribution in [0.2, 0.25) is 0 Å². The highest BCUT2D eigenvalue weighted by molar-refractivity contribution is 6.18. The van der Waals surface area contributed by atoms with Gasteiger partial charge in [-0.2, -0.15) is 0 Å². The molecule has 2 heterocycles. The highest BCUT2D eigenvalue weighted by Crippen LogP contribution is 2.53. The van der Waals surface area contributed by atoms with E-state index < -0.39 is 0 Å². The van der Waals surface area contributed by atoms with Crippen molar-refractivity contribution in [3.05, 3.63) is 95.1 Å². The van der Waals surface area contributed by atoms with Gasteiger partial charge in [-0.05, 0) is 63.7 Å². The molecule has 1 aliphatic carbocycles. The minimum absolute atomic E-state index is 0.0677. The third-order valence-corrected chi connectivity index (χ3v) is 8.22. The van der Waals surface area contributed by atoms with E-state index in [4.69, 9.17) is 4.65 Å². The van der Waals surface area contributed by atoms with Crippen LogP contribution in [0.25, 0.3) is 38.6 Å². The zero-order valence-corrected chi connectivity index (χ0v) is 19.8. The first-order valence-electron chi connectivity index (χ1n) is 11.8. The summed E-state index contributed by atoms with van der Waals surface area (Å²) in [5, 5.41) is 11.8. The monoisotopic (exact) mass is 442 g/mol. The molecule has 1 aliphatic heterocycles. The number of rotatable bonds is 2. The van der Waals surface area contributed by atoms with Gasteiger partial charge in [0.2, 0.25) is 0 Å². The molecule has 3 nitrogen and oxygen atoms in total. The highest BCUT2D eigenvalue weighted by Gasteiger charge is 2.39. The van der Waals surface area contributed by atoms with Gasteiger partial charge in [0, 0.05) is 21.6 Å². The minimum Gasteiger partial charge on any atom is -0.537 e. The maximum absolute atomic E-state index is 9.42. The van der Waals surface area contributed by atoms with Gasteiger partial charge in [-0.3, -0.25) is 0 Å². The number of benzene rings is 4. The standard InChI is InChI=1S/C30H25BNO2/c1-29(2)22-10-6-5-9-18(22)19-16-27-20(15-24(19)29)21-13-17(34-31-33)14-25-28(21)32(27)26-12-8-7-11-23(26)30(25,3)4/h5-16,33H,1-4H3. The van der Waals surface area contributed by atoms with Gasteiger partial charge in [-0.1, -0.05) is 70.2 Å². The normalized spacial score (nSPS) is 16.3. The summed E-state index contributed by atoms with van der Waals surface area (Å²) in [4.78, 5) is 0. The number of para-hydroxylation sites is 1. The summed E-state index contributed by atoms with van der Waals surface area (Å²) in [7, 11) is 0.772. The molecule has 0 atom stereocenters. The SMILES string of the molecule is CC1(C)c2ccccc2-c2cc3c(cc21)c1cc(O[B]O)cc2c1n3-c1ccccc1C2(C)C. The molecule has 165 valence electrons. The Bertz CT molecular complexity index is 1680. The average Bonchev–Trinajstić information content (AvgIpc) is 3.26. The van der Waals surface area contributed by atoms with Crippen LogP contribution in [0.1, 0.15) is 49.9 Å². The summed E-state index contributed by atoms with van der Waals surface area (Å²) >= 11 is 0. The summed E-state index contributed by atoms with van der Waals surface area (Å²) in [6, 6.07) is 26.4. The Morgan fingerprint density at radius 3 is 2.21 bits per heavy atom. The van der Waals surface area contributed by atoms with Crippen LogP contribution < -0.4 is 4.65 Å². The maximum atomic E-state index is 9.42. The number of fused-ring (bicyclic) bond motifs is 8. The molecule has 1 aromatic heterocycles. The molecule has 0 amide bonds. The molecule has 0 spiro atoms. The van der Waals surface area contributed by atoms with Crippen molar-refractivity contribution in [2.24, 2.45) is 0 Å². The smallest absolute Gasteiger partial charge is 0.537 e. The van der Waals surface area contributed by atoms with E-state index in [1.54, 1.807) is 0 Å². The van der Waals surface area contributed by atoms with Crippen molar-refractivity contribution in [2.45, 2.75) is 38.5 Å². The molecule has 34 heavy (non-hydrogen) atoms. The topological polar surface area (TPSA) is 34.4 Å². The number of hydrogen-bond donors (Lipinski definition) is 1. The van der Waals surface area contributed by atoms with Gasteiger partial charge in [0.1, 0.15) is 5.75 Å². The third kappa shape index (κ3) is 2.27. The molecule has 7 rings (SSSR count). The van der Waals surface area contributed by atoms with Gasteiger partial charge in [0.25, 0.3) is 0 Å². The molecule has 0 unspecified atom stereocenters. The lowest BCUT2D eigenvalue weighted by molar-refractivity contribution is 0.453. The van der Waals surface area contributed by atoms with Gasteiger partial charge in [0.05, 0.1) is 16.7 Å². The fourth-order valence-corrected chi connectivity index (χ4v) is 6.51. The summed E-state index contributed by atoms with van der Waals surface area (Å²) in [6.07, 6.45) is 0. The van der Waals surface area contributed by atoms with E-state index in [0.29, 0.717) is 5.75 Å². The van der Waals surface area contributed by atoms with E-state index in [-0.39, 0.29) is 10.8 Å². The second-order valence-electron chi connectivity index (χ2n) is 10.7. The van der Waals surface area contributed by atoms with Gasteiger partial charge < -0.3 is 14.2 Å². The van der Waals surface area contributed by atoms with Crippen molar-refractivity contribution in [2.75, 3.05) is 0 Å². The van der Waals surface area contributed by atoms with Crippen LogP contribution in [0.5, 0.6) is 5.75 Å². The molecule has 0 saturated carbocycles. The zero-order valence-electron chi connectivity index (χ0n) is 19.8. The third-order valence-electron chi connectivity index (χ3n) is 8.22. The zero-order chi connectivity index (χ0) is 23.4. The Hall–Kier alpha value is -3.50. The summed E-state index contributed by atoms with van der Waals surface area (Å²) in [5.74, 6) is 0.652. The number of aromatic nitrogens is 1. The van der Waals surface area contributed by atoms with Crippen LogP contribution >= 0.6 is 0 Å². The van der Waals surface area contributed by atoms with Crippen LogP contribution in [0.4, 0.5) is 0 Å². The summed E-state index contributed by atoms with van der Waals surface area (Å²) in [6.45, 7) is 9.18. The second-order valence-corrected chi connectivity index (χ2v) is 10.7. The first kappa shape index (κ1) is 19.9. The van der Waals surface area contributed by atoms with Crippen LogP contribution in [-0.4, -0.2) is 17.3 Å². The van der Waals surface area contributed by atoms with Gasteiger partial charge in [-0.15, -0.1) is 0 Å². The lowest BCUT2D eigenvalue weighted by atomic mass is 9.74.